The van der Waals surface area contributed by atoms with Crippen molar-refractivity contribution in [1.29, 1.82) is 0 Å². The van der Waals surface area contributed by atoms with Crippen molar-refractivity contribution in [3.05, 3.63) is 21.3 Å². The van der Waals surface area contributed by atoms with Gasteiger partial charge < -0.3 is 15.2 Å². The Labute approximate surface area is 91.4 Å². The van der Waals surface area contributed by atoms with Gasteiger partial charge in [-0.15, -0.1) is 0 Å². The smallest absolute Gasteiger partial charge is 0.140 e. The molecular weight excluding hydrogens is 281 g/mol. The number of benzene rings is 1. The molecule has 0 bridgehead atoms. The molecule has 1 aromatic carbocycles. The van der Waals surface area contributed by atoms with Crippen LogP contribution in [0.4, 0.5) is 0 Å². The molecule has 0 aliphatic rings. The Kier molecular flexibility index (Phi) is 3.80. The summed E-state index contributed by atoms with van der Waals surface area (Å²) in [6.45, 7) is 0.420. The van der Waals surface area contributed by atoms with E-state index in [1.165, 1.54) is 0 Å². The molecule has 72 valence electrons. The average molecular weight is 293 g/mol. The Morgan fingerprint density at radius 1 is 1.31 bits per heavy atom. The van der Waals surface area contributed by atoms with E-state index in [1.54, 1.807) is 14.2 Å². The largest absolute Gasteiger partial charge is 0.496 e. The molecule has 0 atom stereocenters. The number of ether oxygens (including phenoxy) is 2. The van der Waals surface area contributed by atoms with E-state index in [4.69, 9.17) is 15.2 Å². The lowest BCUT2D eigenvalue weighted by Gasteiger charge is -2.12. The van der Waals surface area contributed by atoms with Crippen LogP contribution in [0, 0.1) is 3.57 Å². The van der Waals surface area contributed by atoms with E-state index in [1.807, 2.05) is 12.1 Å². The summed E-state index contributed by atoms with van der Waals surface area (Å²) in [5.74, 6) is 1.59. The maximum absolute atomic E-state index is 5.61. The Bertz CT molecular complexity index is 302. The van der Waals surface area contributed by atoms with Crippen molar-refractivity contribution in [3.8, 4) is 11.5 Å². The van der Waals surface area contributed by atoms with Crippen LogP contribution >= 0.6 is 22.6 Å². The van der Waals surface area contributed by atoms with Gasteiger partial charge in [-0.1, -0.05) is 0 Å². The predicted octanol–water partition coefficient (Wildman–Crippen LogP) is 1.77. The van der Waals surface area contributed by atoms with E-state index in [-0.39, 0.29) is 0 Å². The summed E-state index contributed by atoms with van der Waals surface area (Å²) in [6, 6.07) is 3.84. The zero-order chi connectivity index (χ0) is 9.84. The minimum Gasteiger partial charge on any atom is -0.496 e. The number of rotatable bonds is 3. The first kappa shape index (κ1) is 10.6. The minimum absolute atomic E-state index is 0.420. The van der Waals surface area contributed by atoms with Crippen LogP contribution in [0.25, 0.3) is 0 Å². The predicted molar refractivity (Wildman–Crippen MR) is 60.2 cm³/mol. The highest BCUT2D eigenvalue weighted by Gasteiger charge is 2.11. The minimum atomic E-state index is 0.420. The van der Waals surface area contributed by atoms with Gasteiger partial charge in [0.15, 0.2) is 0 Å². The van der Waals surface area contributed by atoms with Crippen molar-refractivity contribution in [2.24, 2.45) is 5.73 Å². The SMILES string of the molecule is COc1ccc(I)c(OC)c1CN. The van der Waals surface area contributed by atoms with Crippen LogP contribution in [-0.4, -0.2) is 14.2 Å². The van der Waals surface area contributed by atoms with E-state index in [0.29, 0.717) is 6.54 Å². The van der Waals surface area contributed by atoms with Gasteiger partial charge in [-0.25, -0.2) is 0 Å². The fourth-order valence-electron chi connectivity index (χ4n) is 1.19. The number of hydrogen-bond acceptors (Lipinski definition) is 3. The van der Waals surface area contributed by atoms with Gasteiger partial charge in [-0.05, 0) is 34.7 Å². The fourth-order valence-corrected chi connectivity index (χ4v) is 1.91. The van der Waals surface area contributed by atoms with Crippen molar-refractivity contribution in [3.63, 3.8) is 0 Å². The zero-order valence-electron chi connectivity index (χ0n) is 7.63. The Morgan fingerprint density at radius 3 is 2.46 bits per heavy atom. The molecule has 0 radical (unpaired) electrons. The third-order valence-corrected chi connectivity index (χ3v) is 2.65. The van der Waals surface area contributed by atoms with Crippen molar-refractivity contribution in [2.45, 2.75) is 6.54 Å². The van der Waals surface area contributed by atoms with Crippen LogP contribution in [0.2, 0.25) is 0 Å². The second-order valence-electron chi connectivity index (χ2n) is 2.47. The maximum atomic E-state index is 5.61. The van der Waals surface area contributed by atoms with Crippen LogP contribution in [-0.2, 0) is 6.54 Å². The van der Waals surface area contributed by atoms with Crippen LogP contribution in [0.15, 0.2) is 12.1 Å². The third-order valence-electron chi connectivity index (χ3n) is 1.80. The Hall–Kier alpha value is -0.490. The standard InChI is InChI=1S/C9H12INO2/c1-12-8-4-3-7(10)9(13-2)6(8)5-11/h3-4H,5,11H2,1-2H3. The fraction of sp³-hybridized carbons (Fsp3) is 0.333. The molecule has 0 aliphatic carbocycles. The molecule has 0 heterocycles. The lowest BCUT2D eigenvalue weighted by atomic mass is 10.2. The molecule has 0 aliphatic heterocycles. The van der Waals surface area contributed by atoms with E-state index >= 15 is 0 Å². The first-order chi connectivity index (χ1) is 6.24. The molecule has 3 nitrogen and oxygen atoms in total. The molecule has 4 heteroatoms. The zero-order valence-corrected chi connectivity index (χ0v) is 9.79. The number of halogens is 1. The van der Waals surface area contributed by atoms with Crippen LogP contribution in [0.3, 0.4) is 0 Å². The van der Waals surface area contributed by atoms with Gasteiger partial charge in [0.25, 0.3) is 0 Å². The van der Waals surface area contributed by atoms with E-state index < -0.39 is 0 Å². The van der Waals surface area contributed by atoms with Gasteiger partial charge in [-0.3, -0.25) is 0 Å². The summed E-state index contributed by atoms with van der Waals surface area (Å²) < 4.78 is 11.5. The third kappa shape index (κ3) is 2.05. The lowest BCUT2D eigenvalue weighted by molar-refractivity contribution is 0.383. The van der Waals surface area contributed by atoms with Crippen molar-refractivity contribution in [1.82, 2.24) is 0 Å². The van der Waals surface area contributed by atoms with Crippen LogP contribution in [0.1, 0.15) is 5.56 Å². The quantitative estimate of drug-likeness (QED) is 0.864. The maximum Gasteiger partial charge on any atom is 0.140 e. The molecule has 0 unspecified atom stereocenters. The van der Waals surface area contributed by atoms with Crippen molar-refractivity contribution >= 4 is 22.6 Å². The van der Waals surface area contributed by atoms with Crippen LogP contribution < -0.4 is 15.2 Å². The van der Waals surface area contributed by atoms with Gasteiger partial charge in [0.1, 0.15) is 11.5 Å². The second-order valence-corrected chi connectivity index (χ2v) is 3.63. The molecule has 0 saturated heterocycles. The molecule has 1 rings (SSSR count). The Morgan fingerprint density at radius 2 is 2.00 bits per heavy atom. The normalized spacial score (nSPS) is 9.85. The molecule has 0 aromatic heterocycles. The molecule has 13 heavy (non-hydrogen) atoms. The van der Waals surface area contributed by atoms with Crippen molar-refractivity contribution in [2.75, 3.05) is 14.2 Å². The molecule has 2 N–H and O–H groups in total. The molecule has 0 saturated carbocycles. The summed E-state index contributed by atoms with van der Waals surface area (Å²) in [5.41, 5.74) is 6.52. The Balaban J connectivity index is 3.27. The lowest BCUT2D eigenvalue weighted by Crippen LogP contribution is -2.04. The summed E-state index contributed by atoms with van der Waals surface area (Å²) in [4.78, 5) is 0. The van der Waals surface area contributed by atoms with Gasteiger partial charge in [0.05, 0.1) is 23.4 Å². The average Bonchev–Trinajstić information content (AvgIpc) is 2.17. The topological polar surface area (TPSA) is 44.5 Å². The first-order valence-electron chi connectivity index (χ1n) is 3.84. The molecule has 0 amide bonds. The highest BCUT2D eigenvalue weighted by molar-refractivity contribution is 14.1. The first-order valence-corrected chi connectivity index (χ1v) is 4.91. The number of hydrogen-bond donors (Lipinski definition) is 1. The van der Waals surface area contributed by atoms with Gasteiger partial charge in [0.2, 0.25) is 0 Å². The van der Waals surface area contributed by atoms with E-state index in [0.717, 1.165) is 20.6 Å². The molecular formula is C9H12INO2. The number of nitrogens with two attached hydrogens (primary N) is 1. The van der Waals surface area contributed by atoms with E-state index in [9.17, 15) is 0 Å². The highest BCUT2D eigenvalue weighted by atomic mass is 127. The monoisotopic (exact) mass is 293 g/mol. The molecule has 0 spiro atoms. The van der Waals surface area contributed by atoms with E-state index in [2.05, 4.69) is 22.6 Å². The van der Waals surface area contributed by atoms with Gasteiger partial charge >= 0.3 is 0 Å². The second kappa shape index (κ2) is 4.66. The van der Waals surface area contributed by atoms with Crippen LogP contribution in [0.5, 0.6) is 11.5 Å². The number of methoxy groups -OCH3 is 2. The molecule has 0 fully saturated rings. The summed E-state index contributed by atoms with van der Waals surface area (Å²) in [7, 11) is 3.26. The van der Waals surface area contributed by atoms with Gasteiger partial charge in [0, 0.05) is 6.54 Å². The summed E-state index contributed by atoms with van der Waals surface area (Å²) in [5, 5.41) is 0. The summed E-state index contributed by atoms with van der Waals surface area (Å²) >= 11 is 2.21. The van der Waals surface area contributed by atoms with Crippen molar-refractivity contribution < 1.29 is 9.47 Å². The summed E-state index contributed by atoms with van der Waals surface area (Å²) in [6.07, 6.45) is 0. The molecule has 1 aromatic rings. The van der Waals surface area contributed by atoms with Gasteiger partial charge in [-0.2, -0.15) is 0 Å². The highest BCUT2D eigenvalue weighted by Crippen LogP contribution is 2.32.